The van der Waals surface area contributed by atoms with Gasteiger partial charge < -0.3 is 5.32 Å². The van der Waals surface area contributed by atoms with Crippen molar-refractivity contribution in [1.29, 1.82) is 0 Å². The van der Waals surface area contributed by atoms with E-state index in [1.54, 1.807) is 11.3 Å². The highest BCUT2D eigenvalue weighted by Crippen LogP contribution is 2.49. The zero-order valence-electron chi connectivity index (χ0n) is 9.32. The van der Waals surface area contributed by atoms with Crippen LogP contribution in [0.4, 0.5) is 0 Å². The Hall–Kier alpha value is -0.550. The molecule has 1 amide bonds. The quantitative estimate of drug-likeness (QED) is 0.793. The molecule has 0 radical (unpaired) electrons. The minimum absolute atomic E-state index is 0.124. The summed E-state index contributed by atoms with van der Waals surface area (Å²) in [6.45, 7) is 2.52. The van der Waals surface area contributed by atoms with Crippen LogP contribution >= 0.6 is 24.0 Å². The SMILES string of the molecule is Cc1csc(CNC(=O)CC2(CS)CC2)n1. The maximum absolute atomic E-state index is 11.7. The van der Waals surface area contributed by atoms with Gasteiger partial charge in [0.1, 0.15) is 5.01 Å². The predicted molar refractivity (Wildman–Crippen MR) is 68.8 cm³/mol. The van der Waals surface area contributed by atoms with Crippen LogP contribution in [0.15, 0.2) is 5.38 Å². The molecule has 1 aromatic rings. The first kappa shape index (κ1) is 11.9. The van der Waals surface area contributed by atoms with Crippen molar-refractivity contribution in [3.63, 3.8) is 0 Å². The number of rotatable bonds is 5. The molecule has 88 valence electrons. The molecule has 0 spiro atoms. The van der Waals surface area contributed by atoms with E-state index in [0.717, 1.165) is 29.3 Å². The molecule has 1 aromatic heterocycles. The van der Waals surface area contributed by atoms with Crippen molar-refractivity contribution in [2.45, 2.75) is 32.7 Å². The minimum Gasteiger partial charge on any atom is -0.350 e. The van der Waals surface area contributed by atoms with Crippen molar-refractivity contribution in [1.82, 2.24) is 10.3 Å². The maximum atomic E-state index is 11.7. The third kappa shape index (κ3) is 2.98. The summed E-state index contributed by atoms with van der Waals surface area (Å²) in [5, 5.41) is 5.89. The molecule has 1 aliphatic carbocycles. The van der Waals surface area contributed by atoms with E-state index in [-0.39, 0.29) is 11.3 Å². The lowest BCUT2D eigenvalue weighted by molar-refractivity contribution is -0.122. The molecule has 1 N–H and O–H groups in total. The predicted octanol–water partition coefficient (Wildman–Crippen LogP) is 2.17. The number of carbonyl (C=O) groups excluding carboxylic acids is 1. The van der Waals surface area contributed by atoms with Gasteiger partial charge in [0.25, 0.3) is 0 Å². The van der Waals surface area contributed by atoms with Gasteiger partial charge in [0.2, 0.25) is 5.91 Å². The molecule has 0 bridgehead atoms. The van der Waals surface area contributed by atoms with Crippen molar-refractivity contribution in [3.05, 3.63) is 16.1 Å². The Balaban J connectivity index is 1.76. The lowest BCUT2D eigenvalue weighted by atomic mass is 10.1. The van der Waals surface area contributed by atoms with Crippen LogP contribution < -0.4 is 5.32 Å². The number of carbonyl (C=O) groups is 1. The summed E-state index contributed by atoms with van der Waals surface area (Å²) in [6.07, 6.45) is 2.89. The van der Waals surface area contributed by atoms with E-state index in [9.17, 15) is 4.79 Å². The first-order valence-electron chi connectivity index (χ1n) is 5.42. The summed E-state index contributed by atoms with van der Waals surface area (Å²) in [5.41, 5.74) is 1.22. The smallest absolute Gasteiger partial charge is 0.220 e. The topological polar surface area (TPSA) is 42.0 Å². The van der Waals surface area contributed by atoms with Gasteiger partial charge in [0, 0.05) is 17.5 Å². The van der Waals surface area contributed by atoms with E-state index >= 15 is 0 Å². The Morgan fingerprint density at radius 1 is 1.69 bits per heavy atom. The van der Waals surface area contributed by atoms with E-state index in [4.69, 9.17) is 0 Å². The van der Waals surface area contributed by atoms with Crippen LogP contribution in [0.25, 0.3) is 0 Å². The average molecular weight is 256 g/mol. The van der Waals surface area contributed by atoms with Gasteiger partial charge in [0.15, 0.2) is 0 Å². The van der Waals surface area contributed by atoms with Crippen molar-refractivity contribution < 1.29 is 4.79 Å². The summed E-state index contributed by atoms with van der Waals surface area (Å²) in [4.78, 5) is 16.0. The third-order valence-corrected chi connectivity index (χ3v) is 4.57. The van der Waals surface area contributed by atoms with E-state index in [1.165, 1.54) is 0 Å². The molecule has 0 atom stereocenters. The fourth-order valence-electron chi connectivity index (χ4n) is 1.63. The molecule has 0 saturated heterocycles. The lowest BCUT2D eigenvalue weighted by Gasteiger charge is -2.10. The van der Waals surface area contributed by atoms with Crippen LogP contribution in [0.2, 0.25) is 0 Å². The van der Waals surface area contributed by atoms with Crippen molar-refractivity contribution in [2.75, 3.05) is 5.75 Å². The average Bonchev–Trinajstić information content (AvgIpc) is 2.91. The second kappa shape index (κ2) is 4.75. The van der Waals surface area contributed by atoms with Gasteiger partial charge in [-0.3, -0.25) is 4.79 Å². The van der Waals surface area contributed by atoms with Crippen LogP contribution in [0, 0.1) is 12.3 Å². The first-order valence-corrected chi connectivity index (χ1v) is 6.93. The monoisotopic (exact) mass is 256 g/mol. The van der Waals surface area contributed by atoms with E-state index < -0.39 is 0 Å². The third-order valence-electron chi connectivity index (χ3n) is 2.93. The van der Waals surface area contributed by atoms with Crippen molar-refractivity contribution in [2.24, 2.45) is 5.41 Å². The largest absolute Gasteiger partial charge is 0.350 e. The summed E-state index contributed by atoms with van der Waals surface area (Å²) < 4.78 is 0. The number of nitrogens with zero attached hydrogens (tertiary/aromatic N) is 1. The highest BCUT2D eigenvalue weighted by atomic mass is 32.1. The zero-order valence-corrected chi connectivity index (χ0v) is 11.0. The normalized spacial score (nSPS) is 17.1. The van der Waals surface area contributed by atoms with Crippen molar-refractivity contribution in [3.8, 4) is 0 Å². The van der Waals surface area contributed by atoms with Crippen LogP contribution in [0.5, 0.6) is 0 Å². The van der Waals surface area contributed by atoms with E-state index in [1.807, 2.05) is 12.3 Å². The van der Waals surface area contributed by atoms with Gasteiger partial charge >= 0.3 is 0 Å². The Morgan fingerprint density at radius 2 is 2.44 bits per heavy atom. The highest BCUT2D eigenvalue weighted by molar-refractivity contribution is 7.80. The Kier molecular flexibility index (Phi) is 3.54. The van der Waals surface area contributed by atoms with Gasteiger partial charge in [-0.05, 0) is 30.9 Å². The number of amides is 1. The fraction of sp³-hybridized carbons (Fsp3) is 0.636. The molecule has 0 aliphatic heterocycles. The van der Waals surface area contributed by atoms with Gasteiger partial charge in [-0.1, -0.05) is 0 Å². The van der Waals surface area contributed by atoms with E-state index in [2.05, 4.69) is 22.9 Å². The number of hydrogen-bond donors (Lipinski definition) is 2. The molecule has 3 nitrogen and oxygen atoms in total. The zero-order chi connectivity index (χ0) is 11.6. The van der Waals surface area contributed by atoms with Crippen LogP contribution in [0.1, 0.15) is 30.0 Å². The summed E-state index contributed by atoms with van der Waals surface area (Å²) in [6, 6.07) is 0. The fourth-order valence-corrected chi connectivity index (χ4v) is 2.77. The molecule has 16 heavy (non-hydrogen) atoms. The summed E-state index contributed by atoms with van der Waals surface area (Å²) in [7, 11) is 0. The number of aryl methyl sites for hydroxylation is 1. The van der Waals surface area contributed by atoms with Crippen LogP contribution in [-0.4, -0.2) is 16.6 Å². The van der Waals surface area contributed by atoms with E-state index in [0.29, 0.717) is 13.0 Å². The molecule has 0 aromatic carbocycles. The number of nitrogens with one attached hydrogen (secondary N) is 1. The Morgan fingerprint density at radius 3 is 2.94 bits per heavy atom. The molecule has 2 rings (SSSR count). The maximum Gasteiger partial charge on any atom is 0.220 e. The van der Waals surface area contributed by atoms with Crippen LogP contribution in [0.3, 0.4) is 0 Å². The summed E-state index contributed by atoms with van der Waals surface area (Å²) >= 11 is 5.88. The molecule has 1 fully saturated rings. The molecule has 0 unspecified atom stereocenters. The van der Waals surface area contributed by atoms with Gasteiger partial charge in [0.05, 0.1) is 6.54 Å². The van der Waals surface area contributed by atoms with Gasteiger partial charge in [-0.25, -0.2) is 4.98 Å². The second-order valence-corrected chi connectivity index (χ2v) is 5.75. The lowest BCUT2D eigenvalue weighted by Crippen LogP contribution is -2.26. The minimum atomic E-state index is 0.124. The molecule has 1 saturated carbocycles. The second-order valence-electron chi connectivity index (χ2n) is 4.49. The van der Waals surface area contributed by atoms with Gasteiger partial charge in [-0.15, -0.1) is 11.3 Å². The molecular weight excluding hydrogens is 240 g/mol. The Bertz CT molecular complexity index is 385. The van der Waals surface area contributed by atoms with Gasteiger partial charge in [-0.2, -0.15) is 12.6 Å². The first-order chi connectivity index (χ1) is 7.63. The molecule has 1 heterocycles. The van der Waals surface area contributed by atoms with Crippen LogP contribution in [-0.2, 0) is 11.3 Å². The highest BCUT2D eigenvalue weighted by Gasteiger charge is 2.42. The summed E-state index contributed by atoms with van der Waals surface area (Å²) in [5.74, 6) is 0.941. The van der Waals surface area contributed by atoms with Crippen molar-refractivity contribution >= 4 is 29.9 Å². The molecule has 1 aliphatic rings. The standard InChI is InChI=1S/C11H16N2OS2/c1-8-6-16-10(13-8)5-12-9(14)4-11(7-15)2-3-11/h6,15H,2-5,7H2,1H3,(H,12,14). The Labute approximate surface area is 105 Å². The number of thiazole rings is 1. The number of hydrogen-bond acceptors (Lipinski definition) is 4. The molecular formula is C11H16N2OS2. The number of thiol groups is 1. The molecule has 5 heteroatoms. The number of aromatic nitrogens is 1.